The van der Waals surface area contributed by atoms with Crippen molar-refractivity contribution in [1.82, 2.24) is 10.2 Å². The van der Waals surface area contributed by atoms with Gasteiger partial charge >= 0.3 is 6.03 Å². The molecule has 0 spiro atoms. The van der Waals surface area contributed by atoms with Gasteiger partial charge in [0.15, 0.2) is 0 Å². The molecule has 1 rings (SSSR count). The van der Waals surface area contributed by atoms with Crippen LogP contribution in [0.15, 0.2) is 0 Å². The molecule has 0 aromatic carbocycles. The summed E-state index contributed by atoms with van der Waals surface area (Å²) in [6, 6.07) is -0.408. The fourth-order valence-corrected chi connectivity index (χ4v) is 2.86. The summed E-state index contributed by atoms with van der Waals surface area (Å²) >= 11 is 0. The third kappa shape index (κ3) is 4.68. The number of nitrogens with one attached hydrogen (secondary N) is 1. The van der Waals surface area contributed by atoms with E-state index in [1.54, 1.807) is 0 Å². The molecule has 0 unspecified atom stereocenters. The van der Waals surface area contributed by atoms with Crippen LogP contribution in [0, 0.1) is 5.92 Å². The molecule has 0 saturated carbocycles. The van der Waals surface area contributed by atoms with Crippen LogP contribution in [0.5, 0.6) is 0 Å². The zero-order valence-electron chi connectivity index (χ0n) is 14.2. The Kier molecular flexibility index (Phi) is 7.29. The molecule has 0 aromatic rings. The Morgan fingerprint density at radius 1 is 1.18 bits per heavy atom. The number of hydrogen-bond acceptors (Lipinski definition) is 4. The minimum atomic E-state index is -0.854. The van der Waals surface area contributed by atoms with Crippen LogP contribution in [-0.2, 0) is 9.53 Å². The fourth-order valence-electron chi connectivity index (χ4n) is 2.86. The van der Waals surface area contributed by atoms with Gasteiger partial charge in [0.1, 0.15) is 5.54 Å². The Balaban J connectivity index is 2.63. The molecule has 22 heavy (non-hydrogen) atoms. The molecule has 6 nitrogen and oxygen atoms in total. The molecule has 0 bridgehead atoms. The first-order valence-corrected chi connectivity index (χ1v) is 8.26. The molecule has 0 aromatic heterocycles. The number of urea groups is 1. The first kappa shape index (κ1) is 18.9. The number of nitrogens with zero attached hydrogens (tertiary/aromatic N) is 1. The topological polar surface area (TPSA) is 78.9 Å². The van der Waals surface area contributed by atoms with Crippen LogP contribution in [0.25, 0.3) is 0 Å². The van der Waals surface area contributed by atoms with Crippen LogP contribution >= 0.6 is 0 Å². The van der Waals surface area contributed by atoms with Gasteiger partial charge in [0.05, 0.1) is 19.3 Å². The van der Waals surface area contributed by atoms with Gasteiger partial charge in [-0.3, -0.25) is 9.69 Å². The second-order valence-corrected chi connectivity index (χ2v) is 6.51. The highest BCUT2D eigenvalue weighted by atomic mass is 16.5. The maximum Gasteiger partial charge on any atom is 0.325 e. The molecule has 0 aliphatic carbocycles. The van der Waals surface area contributed by atoms with Crippen molar-refractivity contribution >= 4 is 11.9 Å². The molecule has 6 heteroatoms. The van der Waals surface area contributed by atoms with Crippen LogP contribution in [0.1, 0.15) is 53.4 Å². The lowest BCUT2D eigenvalue weighted by molar-refractivity contribution is -0.133. The minimum absolute atomic E-state index is 0.0159. The summed E-state index contributed by atoms with van der Waals surface area (Å²) in [6.45, 7) is 8.69. The van der Waals surface area contributed by atoms with E-state index in [0.717, 1.165) is 17.7 Å². The van der Waals surface area contributed by atoms with E-state index in [2.05, 4.69) is 5.32 Å². The summed E-state index contributed by atoms with van der Waals surface area (Å²) in [6.07, 6.45) is 2.04. The van der Waals surface area contributed by atoms with Gasteiger partial charge in [-0.25, -0.2) is 4.79 Å². The first-order chi connectivity index (χ1) is 10.4. The minimum Gasteiger partial charge on any atom is -0.389 e. The average Bonchev–Trinajstić information content (AvgIpc) is 2.64. The van der Waals surface area contributed by atoms with E-state index in [9.17, 15) is 14.7 Å². The summed E-state index contributed by atoms with van der Waals surface area (Å²) in [5.74, 6) is 0.162. The van der Waals surface area contributed by atoms with E-state index in [0.29, 0.717) is 25.4 Å². The van der Waals surface area contributed by atoms with E-state index >= 15 is 0 Å². The maximum atomic E-state index is 12.6. The lowest BCUT2D eigenvalue weighted by Gasteiger charge is -2.26. The molecule has 1 fully saturated rings. The van der Waals surface area contributed by atoms with Gasteiger partial charge in [0.25, 0.3) is 5.91 Å². The highest BCUT2D eigenvalue weighted by Crippen LogP contribution is 2.28. The number of ether oxygens (including phenoxy) is 1. The number of rotatable bonds is 10. The second kappa shape index (κ2) is 8.48. The van der Waals surface area contributed by atoms with Gasteiger partial charge in [-0.2, -0.15) is 0 Å². The summed E-state index contributed by atoms with van der Waals surface area (Å²) in [5.41, 5.74) is -0.793. The van der Waals surface area contributed by atoms with Gasteiger partial charge in [-0.05, 0) is 18.8 Å². The van der Waals surface area contributed by atoms with Crippen LogP contribution < -0.4 is 5.32 Å². The zero-order valence-corrected chi connectivity index (χ0v) is 14.2. The molecule has 1 aliphatic heterocycles. The SMILES string of the molecule is CCCC1(CCC)NC(=O)N(C[C@H](O)COCC(C)C)C1=O. The highest BCUT2D eigenvalue weighted by Gasteiger charge is 2.49. The summed E-state index contributed by atoms with van der Waals surface area (Å²) < 4.78 is 5.36. The van der Waals surface area contributed by atoms with Crippen molar-refractivity contribution in [1.29, 1.82) is 0 Å². The number of aliphatic hydroxyl groups is 1. The number of carbonyl (C=O) groups excluding carboxylic acids is 2. The summed E-state index contributed by atoms with van der Waals surface area (Å²) in [5, 5.41) is 12.8. The van der Waals surface area contributed by atoms with Crippen LogP contribution in [0.3, 0.4) is 0 Å². The van der Waals surface area contributed by atoms with Crippen LogP contribution in [0.2, 0.25) is 0 Å². The summed E-state index contributed by atoms with van der Waals surface area (Å²) in [7, 11) is 0. The number of carbonyl (C=O) groups is 2. The van der Waals surface area contributed by atoms with Crippen LogP contribution in [-0.4, -0.2) is 53.3 Å². The molecule has 1 heterocycles. The third-order valence-corrected chi connectivity index (χ3v) is 3.75. The zero-order chi connectivity index (χ0) is 16.8. The van der Waals surface area contributed by atoms with E-state index < -0.39 is 17.7 Å². The van der Waals surface area contributed by atoms with E-state index in [-0.39, 0.29) is 19.1 Å². The van der Waals surface area contributed by atoms with Crippen molar-refractivity contribution < 1.29 is 19.4 Å². The Morgan fingerprint density at radius 3 is 2.27 bits per heavy atom. The molecule has 1 saturated heterocycles. The van der Waals surface area contributed by atoms with Gasteiger partial charge in [0, 0.05) is 6.61 Å². The summed E-state index contributed by atoms with van der Waals surface area (Å²) in [4.78, 5) is 25.9. The van der Waals surface area contributed by atoms with Crippen LogP contribution in [0.4, 0.5) is 4.79 Å². The lowest BCUT2D eigenvalue weighted by Crippen LogP contribution is -2.47. The number of amides is 3. The molecular formula is C16H30N2O4. The van der Waals surface area contributed by atoms with Crippen molar-refractivity contribution in [3.8, 4) is 0 Å². The van der Waals surface area contributed by atoms with Crippen molar-refractivity contribution in [2.24, 2.45) is 5.92 Å². The van der Waals surface area contributed by atoms with E-state index in [1.807, 2.05) is 27.7 Å². The van der Waals surface area contributed by atoms with E-state index in [4.69, 9.17) is 4.74 Å². The number of aliphatic hydroxyl groups excluding tert-OH is 1. The lowest BCUT2D eigenvalue weighted by atomic mass is 9.88. The predicted molar refractivity (Wildman–Crippen MR) is 84.5 cm³/mol. The molecule has 0 radical (unpaired) electrons. The monoisotopic (exact) mass is 314 g/mol. The van der Waals surface area contributed by atoms with Gasteiger partial charge < -0.3 is 15.2 Å². The van der Waals surface area contributed by atoms with Crippen molar-refractivity contribution in [3.05, 3.63) is 0 Å². The molecule has 1 atom stereocenters. The Hall–Kier alpha value is -1.14. The Bertz CT molecular complexity index is 378. The van der Waals surface area contributed by atoms with Crippen molar-refractivity contribution in [2.45, 2.75) is 65.0 Å². The van der Waals surface area contributed by atoms with E-state index in [1.165, 1.54) is 0 Å². The fraction of sp³-hybridized carbons (Fsp3) is 0.875. The second-order valence-electron chi connectivity index (χ2n) is 6.51. The van der Waals surface area contributed by atoms with Crippen molar-refractivity contribution in [2.75, 3.05) is 19.8 Å². The van der Waals surface area contributed by atoms with Gasteiger partial charge in [0.2, 0.25) is 0 Å². The van der Waals surface area contributed by atoms with Gasteiger partial charge in [-0.15, -0.1) is 0 Å². The molecular weight excluding hydrogens is 284 g/mol. The van der Waals surface area contributed by atoms with Crippen molar-refractivity contribution in [3.63, 3.8) is 0 Å². The normalized spacial score (nSPS) is 18.9. The average molecular weight is 314 g/mol. The largest absolute Gasteiger partial charge is 0.389 e. The molecule has 128 valence electrons. The van der Waals surface area contributed by atoms with Gasteiger partial charge in [-0.1, -0.05) is 40.5 Å². The smallest absolute Gasteiger partial charge is 0.325 e. The standard InChI is InChI=1S/C16H30N2O4/c1-5-7-16(8-6-2)14(20)18(15(21)17-16)9-13(19)11-22-10-12(3)4/h12-13,19H,5-11H2,1-4H3,(H,17,21)/t13-/m0/s1. The predicted octanol–water partition coefficient (Wildman–Crippen LogP) is 1.91. The maximum absolute atomic E-state index is 12.6. The molecule has 3 amide bonds. The number of imide groups is 1. The quantitative estimate of drug-likeness (QED) is 0.604. The Morgan fingerprint density at radius 2 is 1.77 bits per heavy atom. The number of hydrogen-bond donors (Lipinski definition) is 2. The highest BCUT2D eigenvalue weighted by molar-refractivity contribution is 6.07. The molecule has 2 N–H and O–H groups in total. The third-order valence-electron chi connectivity index (χ3n) is 3.75. The first-order valence-electron chi connectivity index (χ1n) is 8.26. The Labute approximate surface area is 133 Å². The number of β-amino-alcohol motifs (C(OH)–C–C–N with tert-alkyl or cyclic N) is 1. The molecule has 1 aliphatic rings.